The second kappa shape index (κ2) is 8.24. The molecular weight excluding hydrogens is 302 g/mol. The Morgan fingerprint density at radius 2 is 2.00 bits per heavy atom. The number of piperidine rings is 1. The predicted molar refractivity (Wildman–Crippen MR) is 91.3 cm³/mol. The molecule has 0 atom stereocenters. The third-order valence-electron chi connectivity index (χ3n) is 3.57. The average Bonchev–Trinajstić information content (AvgIpc) is 2.52. The van der Waals surface area contributed by atoms with E-state index < -0.39 is 0 Å². The van der Waals surface area contributed by atoms with Crippen LogP contribution < -0.4 is 11.1 Å². The number of thioether (sulfide) groups is 1. The lowest BCUT2D eigenvalue weighted by Gasteiger charge is -2.32. The molecule has 1 aliphatic rings. The molecule has 3 N–H and O–H groups in total. The third kappa shape index (κ3) is 5.21. The standard InChI is InChI=1S/C15H21N3OS2/c16-14(19)12-6-9-18(10-7-12)15(20)17-8-11-21-13-4-2-1-3-5-13/h1-5,12H,6-11H2,(H2,16,19)(H,17,20). The zero-order valence-corrected chi connectivity index (χ0v) is 13.6. The Kier molecular flexibility index (Phi) is 6.32. The first-order chi connectivity index (χ1) is 10.2. The molecule has 0 aliphatic carbocycles. The van der Waals surface area contributed by atoms with Gasteiger partial charge in [0.1, 0.15) is 0 Å². The minimum atomic E-state index is -0.187. The maximum atomic E-state index is 11.1. The Morgan fingerprint density at radius 1 is 1.33 bits per heavy atom. The second-order valence-electron chi connectivity index (χ2n) is 5.06. The lowest BCUT2D eigenvalue weighted by Crippen LogP contribution is -2.46. The highest BCUT2D eigenvalue weighted by molar-refractivity contribution is 7.99. The minimum Gasteiger partial charge on any atom is -0.369 e. The first-order valence-electron chi connectivity index (χ1n) is 7.17. The second-order valence-corrected chi connectivity index (χ2v) is 6.61. The molecule has 6 heteroatoms. The average molecular weight is 323 g/mol. The fraction of sp³-hybridized carbons (Fsp3) is 0.467. The molecular formula is C15H21N3OS2. The van der Waals surface area contributed by atoms with E-state index in [2.05, 4.69) is 22.3 Å². The van der Waals surface area contributed by atoms with Crippen LogP contribution in [0.4, 0.5) is 0 Å². The van der Waals surface area contributed by atoms with E-state index in [0.717, 1.165) is 43.3 Å². The number of likely N-dealkylation sites (tertiary alicyclic amines) is 1. The van der Waals surface area contributed by atoms with Gasteiger partial charge < -0.3 is 16.0 Å². The molecule has 114 valence electrons. The fourth-order valence-corrected chi connectivity index (χ4v) is 3.40. The normalized spacial score (nSPS) is 15.7. The Morgan fingerprint density at radius 3 is 2.62 bits per heavy atom. The van der Waals surface area contributed by atoms with Crippen molar-refractivity contribution in [3.63, 3.8) is 0 Å². The molecule has 2 rings (SSSR count). The van der Waals surface area contributed by atoms with Crippen molar-refractivity contribution >= 4 is 35.0 Å². The van der Waals surface area contributed by atoms with Gasteiger partial charge in [-0.25, -0.2) is 0 Å². The number of hydrogen-bond donors (Lipinski definition) is 2. The summed E-state index contributed by atoms with van der Waals surface area (Å²) in [5.41, 5.74) is 5.33. The molecule has 0 radical (unpaired) electrons. The van der Waals surface area contributed by atoms with Crippen molar-refractivity contribution in [2.24, 2.45) is 11.7 Å². The summed E-state index contributed by atoms with van der Waals surface area (Å²) in [6.45, 7) is 2.46. The molecule has 1 amide bonds. The molecule has 1 aromatic rings. The number of benzene rings is 1. The van der Waals surface area contributed by atoms with Gasteiger partial charge in [0, 0.05) is 36.2 Å². The first kappa shape index (κ1) is 16.1. The summed E-state index contributed by atoms with van der Waals surface area (Å²) in [7, 11) is 0. The van der Waals surface area contributed by atoms with Crippen molar-refractivity contribution in [2.45, 2.75) is 17.7 Å². The Labute approximate surface area is 135 Å². The summed E-state index contributed by atoms with van der Waals surface area (Å²) in [6.07, 6.45) is 1.60. The van der Waals surface area contributed by atoms with E-state index in [1.165, 1.54) is 4.90 Å². The monoisotopic (exact) mass is 323 g/mol. The molecule has 0 aromatic heterocycles. The molecule has 1 saturated heterocycles. The largest absolute Gasteiger partial charge is 0.369 e. The van der Waals surface area contributed by atoms with E-state index in [4.69, 9.17) is 18.0 Å². The van der Waals surface area contributed by atoms with Crippen LogP contribution >= 0.6 is 24.0 Å². The van der Waals surface area contributed by atoms with Crippen LogP contribution in [0.25, 0.3) is 0 Å². The van der Waals surface area contributed by atoms with E-state index in [9.17, 15) is 4.79 Å². The number of nitrogens with zero attached hydrogens (tertiary/aromatic N) is 1. The SMILES string of the molecule is NC(=O)C1CCN(C(=S)NCCSc2ccccc2)CC1. The zero-order chi connectivity index (χ0) is 15.1. The number of nitrogens with two attached hydrogens (primary N) is 1. The Hall–Kier alpha value is -1.27. The summed E-state index contributed by atoms with van der Waals surface area (Å²) in [4.78, 5) is 14.5. The Bertz CT molecular complexity index is 473. The topological polar surface area (TPSA) is 58.4 Å². The fourth-order valence-electron chi connectivity index (χ4n) is 2.32. The zero-order valence-electron chi connectivity index (χ0n) is 12.0. The summed E-state index contributed by atoms with van der Waals surface area (Å²) < 4.78 is 0. The van der Waals surface area contributed by atoms with Crippen molar-refractivity contribution in [3.8, 4) is 0 Å². The van der Waals surface area contributed by atoms with Crippen LogP contribution in [0.15, 0.2) is 35.2 Å². The number of rotatable bonds is 5. The quantitative estimate of drug-likeness (QED) is 0.492. The molecule has 1 fully saturated rings. The van der Waals surface area contributed by atoms with Gasteiger partial charge in [0.05, 0.1) is 0 Å². The number of amides is 1. The molecule has 0 spiro atoms. The summed E-state index contributed by atoms with van der Waals surface area (Å²) in [6, 6.07) is 10.3. The van der Waals surface area contributed by atoms with Crippen LogP contribution in [0.5, 0.6) is 0 Å². The van der Waals surface area contributed by atoms with Crippen LogP contribution in [0.2, 0.25) is 0 Å². The highest BCUT2D eigenvalue weighted by Gasteiger charge is 2.24. The maximum Gasteiger partial charge on any atom is 0.220 e. The van der Waals surface area contributed by atoms with Crippen molar-refractivity contribution in [3.05, 3.63) is 30.3 Å². The molecule has 0 bridgehead atoms. The third-order valence-corrected chi connectivity index (χ3v) is 4.99. The molecule has 0 saturated carbocycles. The van der Waals surface area contributed by atoms with Crippen LogP contribution in [0.3, 0.4) is 0 Å². The molecule has 4 nitrogen and oxygen atoms in total. The van der Waals surface area contributed by atoms with Gasteiger partial charge >= 0.3 is 0 Å². The van der Waals surface area contributed by atoms with Gasteiger partial charge in [-0.2, -0.15) is 0 Å². The van der Waals surface area contributed by atoms with Crippen molar-refractivity contribution in [1.82, 2.24) is 10.2 Å². The van der Waals surface area contributed by atoms with E-state index in [1.54, 1.807) is 0 Å². The summed E-state index contributed by atoms with van der Waals surface area (Å²) in [5, 5.41) is 4.07. The van der Waals surface area contributed by atoms with Gasteiger partial charge in [0.25, 0.3) is 0 Å². The van der Waals surface area contributed by atoms with Crippen LogP contribution in [0, 0.1) is 5.92 Å². The lowest BCUT2D eigenvalue weighted by atomic mass is 9.97. The number of nitrogens with one attached hydrogen (secondary N) is 1. The van der Waals surface area contributed by atoms with Gasteiger partial charge in [0.15, 0.2) is 5.11 Å². The smallest absolute Gasteiger partial charge is 0.220 e. The van der Waals surface area contributed by atoms with Gasteiger partial charge in [0.2, 0.25) is 5.91 Å². The van der Waals surface area contributed by atoms with Crippen LogP contribution in [-0.2, 0) is 4.79 Å². The van der Waals surface area contributed by atoms with E-state index in [-0.39, 0.29) is 11.8 Å². The van der Waals surface area contributed by atoms with Gasteiger partial charge in [-0.3, -0.25) is 4.79 Å². The summed E-state index contributed by atoms with van der Waals surface area (Å²) >= 11 is 7.21. The van der Waals surface area contributed by atoms with Crippen molar-refractivity contribution in [2.75, 3.05) is 25.4 Å². The first-order valence-corrected chi connectivity index (χ1v) is 8.56. The molecule has 0 unspecified atom stereocenters. The molecule has 1 aliphatic heterocycles. The maximum absolute atomic E-state index is 11.1. The highest BCUT2D eigenvalue weighted by atomic mass is 32.2. The van der Waals surface area contributed by atoms with Crippen molar-refractivity contribution < 1.29 is 4.79 Å². The van der Waals surface area contributed by atoms with E-state index in [0.29, 0.717) is 0 Å². The van der Waals surface area contributed by atoms with Gasteiger partial charge in [-0.1, -0.05) is 18.2 Å². The number of thiocarbonyl (C=S) groups is 1. The predicted octanol–water partition coefficient (Wildman–Crippen LogP) is 1.85. The number of hydrogen-bond acceptors (Lipinski definition) is 3. The number of carbonyl (C=O) groups excluding carboxylic acids is 1. The van der Waals surface area contributed by atoms with Crippen LogP contribution in [0.1, 0.15) is 12.8 Å². The molecule has 1 heterocycles. The number of primary amides is 1. The van der Waals surface area contributed by atoms with E-state index >= 15 is 0 Å². The molecule has 21 heavy (non-hydrogen) atoms. The van der Waals surface area contributed by atoms with E-state index in [1.807, 2.05) is 30.0 Å². The lowest BCUT2D eigenvalue weighted by molar-refractivity contribution is -0.122. The van der Waals surface area contributed by atoms with Crippen molar-refractivity contribution in [1.29, 1.82) is 0 Å². The number of carbonyl (C=O) groups is 1. The highest BCUT2D eigenvalue weighted by Crippen LogP contribution is 2.17. The Balaban J connectivity index is 1.63. The van der Waals surface area contributed by atoms with Crippen LogP contribution in [-0.4, -0.2) is 41.3 Å². The minimum absolute atomic E-state index is 0.0117. The van der Waals surface area contributed by atoms with Gasteiger partial charge in [-0.05, 0) is 37.2 Å². The summed E-state index contributed by atoms with van der Waals surface area (Å²) in [5.74, 6) is 0.799. The van der Waals surface area contributed by atoms with Gasteiger partial charge in [-0.15, -0.1) is 11.8 Å². The molecule has 1 aromatic carbocycles.